The number of nitrogens with zero attached hydrogens (tertiary/aromatic N) is 4. The fourth-order valence-corrected chi connectivity index (χ4v) is 9.54. The van der Waals surface area contributed by atoms with Crippen molar-refractivity contribution in [2.45, 2.75) is 79.1 Å². The molecule has 0 saturated carbocycles. The fraction of sp³-hybridized carbons (Fsp3) is 0.218. The summed E-state index contributed by atoms with van der Waals surface area (Å²) in [6.07, 6.45) is 0. The Kier molecular flexibility index (Phi) is 12.1. The molecule has 0 saturated heterocycles. The zero-order valence-corrected chi connectivity index (χ0v) is 38.7. The molecule has 0 N–H and O–H groups in total. The topological polar surface area (TPSA) is 23.8 Å². The minimum atomic E-state index is 0. The van der Waals surface area contributed by atoms with Gasteiger partial charge in [-0.25, -0.2) is 0 Å². The summed E-state index contributed by atoms with van der Waals surface area (Å²) in [6, 6.07) is 56.9. The van der Waals surface area contributed by atoms with Crippen molar-refractivity contribution in [3.63, 3.8) is 0 Å². The molecule has 7 aromatic carbocycles. The van der Waals surface area contributed by atoms with Crippen LogP contribution in [0.2, 0.25) is 0 Å². The van der Waals surface area contributed by atoms with Crippen molar-refractivity contribution in [3.05, 3.63) is 192 Å². The van der Waals surface area contributed by atoms with Crippen LogP contribution in [0.4, 0.5) is 51.2 Å². The van der Waals surface area contributed by atoms with Crippen molar-refractivity contribution < 1.29 is 22.4 Å². The van der Waals surface area contributed by atoms with Crippen molar-refractivity contribution in [1.29, 1.82) is 0 Å². The Morgan fingerprint density at radius 3 is 1.34 bits per heavy atom. The van der Waals surface area contributed by atoms with Crippen molar-refractivity contribution in [2.24, 2.45) is 0 Å². The molecule has 4 nitrogen and oxygen atoms in total. The van der Waals surface area contributed by atoms with Gasteiger partial charge in [0.15, 0.2) is 0 Å². The third-order valence-electron chi connectivity index (χ3n) is 12.4. The van der Waals surface area contributed by atoms with Gasteiger partial charge < -0.3 is 20.0 Å². The van der Waals surface area contributed by atoms with Crippen molar-refractivity contribution in [2.75, 3.05) is 14.7 Å². The standard InChI is InChI=1S/C31H39N2.C24H16BN2.Au/c1-20(2)24-13-11-14-25(21(3)4)30(24)32-19-33(29-18-10-9-17-28(29)32)31-26(22(5)6)15-12-16-27(31)23(7)8;1-2-9-17(10-3-1)27-22-15-7-5-12-19(22)25-18-11-4-6-13-20(18)26-21-14-8-16-23(27)24(21)25;/h9-23H,1-8H3;1-16H;/q2*-1;. The summed E-state index contributed by atoms with van der Waals surface area (Å²) in [5, 5.41) is 4.98. The van der Waals surface area contributed by atoms with Crippen LogP contribution in [-0.4, -0.2) is 6.71 Å². The van der Waals surface area contributed by atoms with Crippen LogP contribution in [-0.2, 0) is 22.4 Å². The average molecular weight is 980 g/mol. The van der Waals surface area contributed by atoms with Gasteiger partial charge in [0.05, 0.1) is 0 Å². The van der Waals surface area contributed by atoms with Crippen LogP contribution in [0.5, 0.6) is 0 Å². The van der Waals surface area contributed by atoms with E-state index < -0.39 is 0 Å². The van der Waals surface area contributed by atoms with E-state index in [1.807, 2.05) is 0 Å². The summed E-state index contributed by atoms with van der Waals surface area (Å²) in [5.41, 5.74) is 20.5. The van der Waals surface area contributed by atoms with Crippen LogP contribution in [0.1, 0.15) is 101 Å². The number of benzene rings is 7. The summed E-state index contributed by atoms with van der Waals surface area (Å²) in [4.78, 5) is 7.26. The quantitative estimate of drug-likeness (QED) is 0.117. The molecule has 6 heteroatoms. The van der Waals surface area contributed by atoms with Gasteiger partial charge in [-0.05, 0) is 87.8 Å². The average Bonchev–Trinajstić information content (AvgIpc) is 3.65. The van der Waals surface area contributed by atoms with E-state index in [0.29, 0.717) is 23.7 Å². The van der Waals surface area contributed by atoms with E-state index >= 15 is 0 Å². The summed E-state index contributed by atoms with van der Waals surface area (Å²) < 4.78 is 0. The molecular weight excluding hydrogens is 924 g/mol. The van der Waals surface area contributed by atoms with E-state index in [1.54, 1.807) is 0 Å². The van der Waals surface area contributed by atoms with Gasteiger partial charge >= 0.3 is 0 Å². The van der Waals surface area contributed by atoms with E-state index in [2.05, 4.69) is 234 Å². The molecule has 7 aromatic rings. The molecule has 0 aromatic heterocycles. The van der Waals surface area contributed by atoms with Gasteiger partial charge in [-0.15, -0.1) is 18.0 Å². The van der Waals surface area contributed by atoms with Crippen molar-refractivity contribution in [1.82, 2.24) is 0 Å². The van der Waals surface area contributed by atoms with Gasteiger partial charge in [0.1, 0.15) is 0 Å². The Balaban J connectivity index is 0.000000168. The molecule has 0 unspecified atom stereocenters. The molecule has 0 bridgehead atoms. The molecule has 1 radical (unpaired) electrons. The Labute approximate surface area is 380 Å². The van der Waals surface area contributed by atoms with Gasteiger partial charge in [0, 0.05) is 62.2 Å². The molecule has 10 rings (SSSR count). The summed E-state index contributed by atoms with van der Waals surface area (Å²) >= 11 is 0. The normalized spacial score (nSPS) is 13.3. The third-order valence-corrected chi connectivity index (χ3v) is 12.4. The molecule has 0 fully saturated rings. The number of rotatable bonds is 7. The van der Waals surface area contributed by atoms with E-state index in [0.717, 1.165) is 11.4 Å². The smallest absolute Gasteiger partial charge is 0.243 e. The Hall–Kier alpha value is -5.45. The first kappa shape index (κ1) is 42.2. The first-order valence-electron chi connectivity index (χ1n) is 21.8. The minimum Gasteiger partial charge on any atom is -0.659 e. The maximum atomic E-state index is 4.98. The van der Waals surface area contributed by atoms with E-state index in [-0.39, 0.29) is 29.1 Å². The monoisotopic (exact) mass is 979 g/mol. The maximum absolute atomic E-state index is 4.98. The van der Waals surface area contributed by atoms with Crippen LogP contribution < -0.4 is 31.1 Å². The largest absolute Gasteiger partial charge is 0.659 e. The van der Waals surface area contributed by atoms with Gasteiger partial charge in [-0.1, -0.05) is 188 Å². The number of anilines is 7. The number of hydrogen-bond donors (Lipinski definition) is 0. The Morgan fingerprint density at radius 1 is 0.410 bits per heavy atom. The van der Waals surface area contributed by atoms with Gasteiger partial charge in [0.25, 0.3) is 0 Å². The van der Waals surface area contributed by atoms with E-state index in [4.69, 9.17) is 5.32 Å². The van der Waals surface area contributed by atoms with Gasteiger partial charge in [0.2, 0.25) is 6.71 Å². The van der Waals surface area contributed by atoms with E-state index in [1.165, 1.54) is 78.5 Å². The van der Waals surface area contributed by atoms with Crippen LogP contribution in [0, 0.1) is 6.67 Å². The molecule has 0 spiro atoms. The molecule has 311 valence electrons. The third kappa shape index (κ3) is 7.52. The Bertz CT molecular complexity index is 2530. The second-order valence-electron chi connectivity index (χ2n) is 17.6. The molecule has 3 aliphatic rings. The zero-order valence-electron chi connectivity index (χ0n) is 36.6. The molecule has 0 aliphatic carbocycles. The molecule has 0 atom stereocenters. The van der Waals surface area contributed by atoms with Crippen molar-refractivity contribution >= 4 is 74.3 Å². The first-order chi connectivity index (χ1) is 29.1. The summed E-state index contributed by atoms with van der Waals surface area (Å²) in [7, 11) is 0. The van der Waals surface area contributed by atoms with Crippen LogP contribution in [0.3, 0.4) is 0 Å². The molecule has 3 heterocycles. The number of fused-ring (bicyclic) bond motifs is 5. The molecular formula is C55H55AuBN4-2. The Morgan fingerprint density at radius 2 is 0.820 bits per heavy atom. The second-order valence-corrected chi connectivity index (χ2v) is 17.6. The summed E-state index contributed by atoms with van der Waals surface area (Å²) in [6.45, 7) is 21.0. The maximum Gasteiger partial charge on any atom is 0.243 e. The van der Waals surface area contributed by atoms with Crippen LogP contribution >= 0.6 is 0 Å². The fourth-order valence-electron chi connectivity index (χ4n) is 9.54. The SMILES string of the molecule is CC(C)c1cccc(C(C)C)c1N1[CH-]N(c2c(C(C)C)cccc2C(C)C)c2ccccc21.[Au].c1ccc(N2c3ccccc3B3c4ccccc4[N-]c4cccc2c43)cc1. The van der Waals surface area contributed by atoms with Gasteiger partial charge in [-0.2, -0.15) is 0 Å². The minimum absolute atomic E-state index is 0. The second kappa shape index (κ2) is 17.5. The zero-order chi connectivity index (χ0) is 41.7. The molecule has 61 heavy (non-hydrogen) atoms. The first-order valence-corrected chi connectivity index (χ1v) is 21.8. The van der Waals surface area contributed by atoms with Crippen LogP contribution in [0.25, 0.3) is 5.32 Å². The van der Waals surface area contributed by atoms with E-state index in [9.17, 15) is 0 Å². The molecule has 3 aliphatic heterocycles. The molecule has 0 amide bonds. The summed E-state index contributed by atoms with van der Waals surface area (Å²) in [5.74, 6) is 1.79. The number of hydrogen-bond acceptors (Lipinski definition) is 3. The predicted molar refractivity (Wildman–Crippen MR) is 259 cm³/mol. The van der Waals surface area contributed by atoms with Gasteiger partial charge in [-0.3, -0.25) is 0 Å². The van der Waals surface area contributed by atoms with Crippen molar-refractivity contribution in [3.8, 4) is 0 Å². The van der Waals surface area contributed by atoms with Crippen LogP contribution in [0.15, 0.2) is 158 Å². The predicted octanol–water partition coefficient (Wildman–Crippen LogP) is 14.2. The number of para-hydroxylation sites is 7.